The molecule has 0 aromatic rings. The Bertz CT molecular complexity index is 111. The molecule has 0 heteroatoms. The second-order valence-electron chi connectivity index (χ2n) is 1.35. The van der Waals surface area contributed by atoms with E-state index in [9.17, 15) is 0 Å². The summed E-state index contributed by atoms with van der Waals surface area (Å²) < 4.78 is 7.05. The molecule has 0 spiro atoms. The Morgan fingerprint density at radius 2 is 2.17 bits per heavy atom. The fourth-order valence-corrected chi connectivity index (χ4v) is 0.482. The molecule has 0 unspecified atom stereocenters. The summed E-state index contributed by atoms with van der Waals surface area (Å²) in [5.41, 5.74) is 0. The van der Waals surface area contributed by atoms with Crippen molar-refractivity contribution in [1.29, 1.82) is 0 Å². The summed E-state index contributed by atoms with van der Waals surface area (Å²) in [7, 11) is 0. The lowest BCUT2D eigenvalue weighted by Gasteiger charge is -1.88. The Labute approximate surface area is 39.6 Å². The van der Waals surface area contributed by atoms with Crippen LogP contribution < -0.4 is 0 Å². The van der Waals surface area contributed by atoms with Crippen molar-refractivity contribution in [2.45, 2.75) is 12.8 Å². The molecule has 0 amide bonds. The average Bonchev–Trinajstić information content (AvgIpc) is 1.69. The molecule has 0 N–H and O–H groups in total. The number of rotatable bonds is 0. The maximum absolute atomic E-state index is 7.05. The van der Waals surface area contributed by atoms with Gasteiger partial charge < -0.3 is 0 Å². The van der Waals surface area contributed by atoms with Crippen LogP contribution in [0.3, 0.4) is 0 Å². The molecule has 0 nitrogen and oxygen atoms in total. The second-order valence-corrected chi connectivity index (χ2v) is 1.35. The van der Waals surface area contributed by atoms with E-state index < -0.39 is 0 Å². The van der Waals surface area contributed by atoms with Crippen LogP contribution in [-0.2, 0) is 0 Å². The minimum absolute atomic E-state index is 0.659. The van der Waals surface area contributed by atoms with Gasteiger partial charge in [0.2, 0.25) is 0 Å². The predicted octanol–water partition coefficient (Wildman–Crippen LogP) is 1.89. The van der Waals surface area contributed by atoms with E-state index in [0.29, 0.717) is 6.05 Å². The van der Waals surface area contributed by atoms with Crippen molar-refractivity contribution >= 4 is 0 Å². The van der Waals surface area contributed by atoms with Crippen LogP contribution in [0.2, 0.25) is 0 Å². The van der Waals surface area contributed by atoms with E-state index in [1.54, 1.807) is 0 Å². The molecule has 6 heavy (non-hydrogen) atoms. The number of hydrogen-bond donors (Lipinski definition) is 0. The molecule has 1 aliphatic rings. The smallest absolute Gasteiger partial charge is 0.0619 e. The molecule has 0 saturated heterocycles. The number of allylic oxidation sites excluding steroid dienone is 4. The maximum Gasteiger partial charge on any atom is 0.0619 e. The summed E-state index contributed by atoms with van der Waals surface area (Å²) >= 11 is 0. The van der Waals surface area contributed by atoms with Crippen molar-refractivity contribution in [3.05, 3.63) is 24.3 Å². The highest BCUT2D eigenvalue weighted by atomic mass is 13.8. The van der Waals surface area contributed by atoms with Crippen LogP contribution in [0.5, 0.6) is 0 Å². The first-order valence-corrected chi connectivity index (χ1v) is 2.23. The van der Waals surface area contributed by atoms with Crippen LogP contribution in [0.4, 0.5) is 0 Å². The number of hydrogen-bond acceptors (Lipinski definition) is 0. The molecular formula is C6H8. The first-order valence-electron chi connectivity index (χ1n) is 2.73. The van der Waals surface area contributed by atoms with Crippen LogP contribution in [-0.4, -0.2) is 0 Å². The van der Waals surface area contributed by atoms with Crippen LogP contribution in [0.15, 0.2) is 24.3 Å². The Morgan fingerprint density at radius 3 is 2.50 bits per heavy atom. The summed E-state index contributed by atoms with van der Waals surface area (Å²) in [6.45, 7) is 0. The van der Waals surface area contributed by atoms with E-state index in [1.165, 1.54) is 0 Å². The lowest BCUT2D eigenvalue weighted by molar-refractivity contribution is 1.04. The molecule has 0 aliphatic heterocycles. The maximum atomic E-state index is 7.05. The normalized spacial score (nSPS) is 22.7. The van der Waals surface area contributed by atoms with Gasteiger partial charge in [-0.1, -0.05) is 24.3 Å². The van der Waals surface area contributed by atoms with Crippen molar-refractivity contribution in [3.8, 4) is 0 Å². The molecule has 0 saturated carbocycles. The fraction of sp³-hybridized carbons (Fsp3) is 0.333. The highest BCUT2D eigenvalue weighted by Gasteiger charge is 1.77. The van der Waals surface area contributed by atoms with Gasteiger partial charge in [0, 0.05) is 0 Å². The van der Waals surface area contributed by atoms with Crippen molar-refractivity contribution in [3.63, 3.8) is 0 Å². The van der Waals surface area contributed by atoms with Gasteiger partial charge in [-0.25, -0.2) is 0 Å². The third kappa shape index (κ3) is 0.713. The van der Waals surface area contributed by atoms with E-state index in [-0.39, 0.29) is 0 Å². The molecule has 0 aromatic carbocycles. The monoisotopic (exact) mass is 81.1 g/mol. The molecule has 0 aromatic heterocycles. The minimum Gasteiger partial charge on any atom is -0.0842 e. The molecule has 0 radical (unpaired) electrons. The Morgan fingerprint density at radius 1 is 1.33 bits per heavy atom. The van der Waals surface area contributed by atoms with E-state index in [2.05, 4.69) is 0 Å². The van der Waals surface area contributed by atoms with E-state index in [1.807, 2.05) is 18.2 Å². The summed E-state index contributed by atoms with van der Waals surface area (Å²) in [5, 5.41) is 0. The zero-order valence-corrected chi connectivity index (χ0v) is 3.65. The third-order valence-electron chi connectivity index (χ3n) is 0.810. The third-order valence-corrected chi connectivity index (χ3v) is 0.810. The van der Waals surface area contributed by atoms with Gasteiger partial charge in [-0.2, -0.15) is 0 Å². The average molecular weight is 81.1 g/mol. The van der Waals surface area contributed by atoms with Crippen LogP contribution in [0.25, 0.3) is 0 Å². The van der Waals surface area contributed by atoms with Gasteiger partial charge >= 0.3 is 0 Å². The van der Waals surface area contributed by atoms with E-state index >= 15 is 0 Å². The Balaban J connectivity index is 2.58. The molecule has 0 bridgehead atoms. The Kier molecular flexibility index (Phi) is 0.789. The molecule has 1 rings (SSSR count). The molecule has 32 valence electrons. The molecule has 0 fully saturated rings. The summed E-state index contributed by atoms with van der Waals surface area (Å²) in [6.07, 6.45) is 7.96. The van der Waals surface area contributed by atoms with Gasteiger partial charge in [-0.3, -0.25) is 0 Å². The zero-order valence-electron chi connectivity index (χ0n) is 4.65. The fourth-order valence-electron chi connectivity index (χ4n) is 0.482. The van der Waals surface area contributed by atoms with Gasteiger partial charge in [0.25, 0.3) is 0 Å². The largest absolute Gasteiger partial charge is 0.0842 e. The van der Waals surface area contributed by atoms with Crippen molar-refractivity contribution in [2.24, 2.45) is 0 Å². The molecule has 0 atom stereocenters. The minimum atomic E-state index is 0.659. The van der Waals surface area contributed by atoms with Gasteiger partial charge in [0.15, 0.2) is 0 Å². The molecular weight excluding hydrogens is 72.1 g/mol. The Hall–Kier alpha value is -0.520. The van der Waals surface area contributed by atoms with Crippen LogP contribution in [0, 0.1) is 0 Å². The van der Waals surface area contributed by atoms with Gasteiger partial charge in [0.1, 0.15) is 0 Å². The van der Waals surface area contributed by atoms with Crippen molar-refractivity contribution < 1.29 is 1.37 Å². The highest BCUT2D eigenvalue weighted by Crippen LogP contribution is 1.98. The first kappa shape index (κ1) is 2.62. The molecule has 1 aliphatic carbocycles. The summed E-state index contributed by atoms with van der Waals surface area (Å²) in [5.74, 6) is 0. The SMILES string of the molecule is [2H]C1=CCCC=C1. The zero-order chi connectivity index (χ0) is 5.11. The topological polar surface area (TPSA) is 0 Å². The van der Waals surface area contributed by atoms with E-state index in [4.69, 9.17) is 1.37 Å². The van der Waals surface area contributed by atoms with E-state index in [0.717, 1.165) is 12.8 Å². The summed E-state index contributed by atoms with van der Waals surface area (Å²) in [6, 6.07) is 0.659. The summed E-state index contributed by atoms with van der Waals surface area (Å²) in [4.78, 5) is 0. The van der Waals surface area contributed by atoms with Crippen molar-refractivity contribution in [2.75, 3.05) is 0 Å². The predicted molar refractivity (Wildman–Crippen MR) is 27.5 cm³/mol. The van der Waals surface area contributed by atoms with Crippen LogP contribution in [0.1, 0.15) is 14.2 Å². The lowest BCUT2D eigenvalue weighted by Crippen LogP contribution is -1.67. The highest BCUT2D eigenvalue weighted by molar-refractivity contribution is 5.07. The van der Waals surface area contributed by atoms with Gasteiger partial charge in [0.05, 0.1) is 1.37 Å². The quantitative estimate of drug-likeness (QED) is 0.417. The van der Waals surface area contributed by atoms with Gasteiger partial charge in [-0.15, -0.1) is 0 Å². The van der Waals surface area contributed by atoms with Crippen LogP contribution >= 0.6 is 0 Å². The molecule has 0 heterocycles. The lowest BCUT2D eigenvalue weighted by atomic mass is 10.2. The standard InChI is InChI=1S/C6H8/c1-2-4-6-5-3-1/h1-4H,5-6H2/i1D. The van der Waals surface area contributed by atoms with Crippen molar-refractivity contribution in [1.82, 2.24) is 0 Å². The van der Waals surface area contributed by atoms with Gasteiger partial charge in [-0.05, 0) is 12.8 Å². The second kappa shape index (κ2) is 1.81. The first-order chi connectivity index (χ1) is 3.39.